The van der Waals surface area contributed by atoms with Crippen LogP contribution in [0.2, 0.25) is 0 Å². The summed E-state index contributed by atoms with van der Waals surface area (Å²) < 4.78 is 0. The first-order valence-corrected chi connectivity index (χ1v) is 8.38. The summed E-state index contributed by atoms with van der Waals surface area (Å²) in [6.45, 7) is 4.62. The number of carboxylic acid groups (broad SMARTS) is 1. The normalized spacial score (nSPS) is 38.5. The molecule has 1 saturated heterocycles. The third kappa shape index (κ3) is 2.86. The van der Waals surface area contributed by atoms with Crippen LogP contribution in [-0.2, 0) is 4.79 Å². The molecule has 20 heavy (non-hydrogen) atoms. The molecule has 3 rings (SSSR count). The van der Waals surface area contributed by atoms with Crippen LogP contribution in [-0.4, -0.2) is 46.7 Å². The zero-order valence-corrected chi connectivity index (χ0v) is 12.6. The molecule has 0 aromatic heterocycles. The lowest BCUT2D eigenvalue weighted by atomic mass is 9.97. The Balaban J connectivity index is 1.59. The Hall–Kier alpha value is -0.610. The van der Waals surface area contributed by atoms with E-state index in [0.717, 1.165) is 38.0 Å². The van der Waals surface area contributed by atoms with E-state index in [9.17, 15) is 9.90 Å². The van der Waals surface area contributed by atoms with Gasteiger partial charge in [0.25, 0.3) is 0 Å². The van der Waals surface area contributed by atoms with Crippen molar-refractivity contribution in [2.75, 3.05) is 13.1 Å². The molecule has 0 spiro atoms. The average Bonchev–Trinajstić information content (AvgIpc) is 2.92. The van der Waals surface area contributed by atoms with E-state index in [-0.39, 0.29) is 0 Å². The summed E-state index contributed by atoms with van der Waals surface area (Å²) in [5, 5.41) is 13.1. The summed E-state index contributed by atoms with van der Waals surface area (Å²) >= 11 is 0. The summed E-state index contributed by atoms with van der Waals surface area (Å²) in [7, 11) is 0. The highest BCUT2D eigenvalue weighted by molar-refractivity contribution is 5.79. The van der Waals surface area contributed by atoms with Crippen molar-refractivity contribution < 1.29 is 9.90 Å². The fraction of sp³-hybridized carbons (Fsp3) is 0.938. The number of carbonyl (C=O) groups is 1. The van der Waals surface area contributed by atoms with Gasteiger partial charge in [0.15, 0.2) is 0 Å². The molecule has 1 heterocycles. The van der Waals surface area contributed by atoms with Gasteiger partial charge in [-0.15, -0.1) is 0 Å². The highest BCUT2D eigenvalue weighted by Gasteiger charge is 2.49. The molecule has 0 aromatic rings. The summed E-state index contributed by atoms with van der Waals surface area (Å²) in [5.74, 6) is 0.215. The smallest absolute Gasteiger partial charge is 0.323 e. The average molecular weight is 280 g/mol. The maximum atomic E-state index is 11.7. The first-order valence-electron chi connectivity index (χ1n) is 8.38. The molecule has 4 heteroatoms. The molecule has 2 saturated carbocycles. The summed E-state index contributed by atoms with van der Waals surface area (Å²) in [6.07, 6.45) is 8.87. The van der Waals surface area contributed by atoms with Crippen LogP contribution in [0.1, 0.15) is 58.3 Å². The minimum Gasteiger partial charge on any atom is -0.480 e. The van der Waals surface area contributed by atoms with Crippen LogP contribution >= 0.6 is 0 Å². The molecule has 114 valence electrons. The van der Waals surface area contributed by atoms with E-state index in [1.165, 1.54) is 32.4 Å². The van der Waals surface area contributed by atoms with E-state index >= 15 is 0 Å². The van der Waals surface area contributed by atoms with Gasteiger partial charge in [-0.3, -0.25) is 10.1 Å². The Bertz CT molecular complexity index is 369. The number of aliphatic carboxylic acids is 1. The van der Waals surface area contributed by atoms with Crippen LogP contribution in [0.5, 0.6) is 0 Å². The molecular weight excluding hydrogens is 252 g/mol. The van der Waals surface area contributed by atoms with Crippen molar-refractivity contribution in [3.8, 4) is 0 Å². The number of hydrogen-bond donors (Lipinski definition) is 2. The number of nitrogens with zero attached hydrogens (tertiary/aromatic N) is 1. The molecule has 0 amide bonds. The maximum absolute atomic E-state index is 11.7. The van der Waals surface area contributed by atoms with Crippen LogP contribution in [0, 0.1) is 5.92 Å². The van der Waals surface area contributed by atoms with Crippen molar-refractivity contribution in [1.29, 1.82) is 0 Å². The monoisotopic (exact) mass is 280 g/mol. The van der Waals surface area contributed by atoms with Crippen LogP contribution < -0.4 is 5.32 Å². The van der Waals surface area contributed by atoms with Crippen molar-refractivity contribution in [2.45, 2.75) is 75.9 Å². The van der Waals surface area contributed by atoms with E-state index in [0.29, 0.717) is 12.1 Å². The van der Waals surface area contributed by atoms with Crippen molar-refractivity contribution in [1.82, 2.24) is 10.2 Å². The number of carboxylic acids is 1. The van der Waals surface area contributed by atoms with Gasteiger partial charge < -0.3 is 10.0 Å². The molecule has 2 aliphatic carbocycles. The van der Waals surface area contributed by atoms with Crippen molar-refractivity contribution in [3.63, 3.8) is 0 Å². The lowest BCUT2D eigenvalue weighted by Gasteiger charge is -2.29. The minimum absolute atomic E-state index is 0.469. The zero-order valence-electron chi connectivity index (χ0n) is 12.6. The van der Waals surface area contributed by atoms with Gasteiger partial charge in [-0.2, -0.15) is 0 Å². The van der Waals surface area contributed by atoms with Gasteiger partial charge in [0.1, 0.15) is 5.54 Å². The van der Waals surface area contributed by atoms with E-state index < -0.39 is 11.5 Å². The molecule has 2 N–H and O–H groups in total. The standard InChI is InChI=1S/C16H28N2O2/c1-2-3-12-7-9-18(11-12)14-6-8-16(10-14,15(19)20)17-13-4-5-13/h12-14,17H,2-11H2,1H3,(H,19,20). The summed E-state index contributed by atoms with van der Waals surface area (Å²) in [5.41, 5.74) is -0.630. The topological polar surface area (TPSA) is 52.6 Å². The second kappa shape index (κ2) is 5.64. The largest absolute Gasteiger partial charge is 0.480 e. The summed E-state index contributed by atoms with van der Waals surface area (Å²) in [6, 6.07) is 0.954. The highest BCUT2D eigenvalue weighted by Crippen LogP contribution is 2.38. The fourth-order valence-corrected chi connectivity index (χ4v) is 4.17. The molecule has 3 fully saturated rings. The lowest BCUT2D eigenvalue weighted by Crippen LogP contribution is -2.52. The Morgan fingerprint density at radius 3 is 2.80 bits per heavy atom. The summed E-state index contributed by atoms with van der Waals surface area (Å²) in [4.78, 5) is 14.3. The van der Waals surface area contributed by atoms with Gasteiger partial charge in [-0.25, -0.2) is 0 Å². The molecule has 0 radical (unpaired) electrons. The molecule has 1 aliphatic heterocycles. The Labute approximate surface area is 121 Å². The van der Waals surface area contributed by atoms with E-state index in [1.807, 2.05) is 0 Å². The number of likely N-dealkylation sites (tertiary alicyclic amines) is 1. The molecular formula is C16H28N2O2. The Morgan fingerprint density at radius 2 is 2.15 bits per heavy atom. The van der Waals surface area contributed by atoms with Gasteiger partial charge in [0.2, 0.25) is 0 Å². The Kier molecular flexibility index (Phi) is 4.04. The van der Waals surface area contributed by atoms with Crippen molar-refractivity contribution in [3.05, 3.63) is 0 Å². The van der Waals surface area contributed by atoms with Crippen LogP contribution in [0.25, 0.3) is 0 Å². The quantitative estimate of drug-likeness (QED) is 0.783. The minimum atomic E-state index is -0.630. The van der Waals surface area contributed by atoms with Gasteiger partial charge in [-0.05, 0) is 57.4 Å². The predicted octanol–water partition coefficient (Wildman–Crippen LogP) is 2.24. The first-order chi connectivity index (χ1) is 9.63. The van der Waals surface area contributed by atoms with Gasteiger partial charge in [0, 0.05) is 18.6 Å². The van der Waals surface area contributed by atoms with Crippen LogP contribution in [0.4, 0.5) is 0 Å². The number of hydrogen-bond acceptors (Lipinski definition) is 3. The van der Waals surface area contributed by atoms with E-state index in [2.05, 4.69) is 17.1 Å². The lowest BCUT2D eigenvalue weighted by molar-refractivity contribution is -0.145. The third-order valence-corrected chi connectivity index (χ3v) is 5.49. The van der Waals surface area contributed by atoms with Crippen molar-refractivity contribution >= 4 is 5.97 Å². The van der Waals surface area contributed by atoms with Crippen molar-refractivity contribution in [2.24, 2.45) is 5.92 Å². The number of nitrogens with one attached hydrogen (secondary N) is 1. The SMILES string of the molecule is CCCC1CCN(C2CCC(NC3CC3)(C(=O)O)C2)C1. The molecule has 4 nitrogen and oxygen atoms in total. The predicted molar refractivity (Wildman–Crippen MR) is 78.8 cm³/mol. The van der Waals surface area contributed by atoms with E-state index in [1.54, 1.807) is 0 Å². The fourth-order valence-electron chi connectivity index (χ4n) is 4.17. The first kappa shape index (κ1) is 14.3. The van der Waals surface area contributed by atoms with Gasteiger partial charge in [-0.1, -0.05) is 13.3 Å². The van der Waals surface area contributed by atoms with Gasteiger partial charge >= 0.3 is 5.97 Å². The Morgan fingerprint density at radius 1 is 1.35 bits per heavy atom. The molecule has 3 unspecified atom stereocenters. The zero-order chi connectivity index (χ0) is 14.2. The third-order valence-electron chi connectivity index (χ3n) is 5.49. The molecule has 0 bridgehead atoms. The second-order valence-electron chi connectivity index (χ2n) is 7.14. The van der Waals surface area contributed by atoms with Gasteiger partial charge in [0.05, 0.1) is 0 Å². The maximum Gasteiger partial charge on any atom is 0.323 e. The molecule has 0 aromatic carbocycles. The van der Waals surface area contributed by atoms with Crippen LogP contribution in [0.3, 0.4) is 0 Å². The molecule has 3 atom stereocenters. The molecule has 3 aliphatic rings. The second-order valence-corrected chi connectivity index (χ2v) is 7.14. The van der Waals surface area contributed by atoms with E-state index in [4.69, 9.17) is 0 Å². The highest BCUT2D eigenvalue weighted by atomic mass is 16.4. The number of rotatable bonds is 6. The van der Waals surface area contributed by atoms with Crippen LogP contribution in [0.15, 0.2) is 0 Å².